The summed E-state index contributed by atoms with van der Waals surface area (Å²) in [7, 11) is 0. The molecule has 1 aromatic rings. The Kier molecular flexibility index (Phi) is 3.13. The van der Waals surface area contributed by atoms with Gasteiger partial charge in [-0.2, -0.15) is 0 Å². The minimum Gasteiger partial charge on any atom is -0.478 e. The Morgan fingerprint density at radius 2 is 2.26 bits per heavy atom. The molecule has 0 spiro atoms. The van der Waals surface area contributed by atoms with Crippen molar-refractivity contribution in [3.8, 4) is 0 Å². The van der Waals surface area contributed by atoms with Crippen molar-refractivity contribution in [3.63, 3.8) is 0 Å². The molecule has 19 heavy (non-hydrogen) atoms. The molecular formula is C12H15N3O4. The molecule has 0 atom stereocenters. The minimum absolute atomic E-state index is 0.121. The third kappa shape index (κ3) is 2.35. The lowest BCUT2D eigenvalue weighted by atomic mass is 10.0. The number of anilines is 1. The number of hydrogen-bond donors (Lipinski definition) is 1. The minimum atomic E-state index is -1.20. The molecule has 2 heterocycles. The van der Waals surface area contributed by atoms with Crippen molar-refractivity contribution in [3.05, 3.63) is 27.9 Å². The van der Waals surface area contributed by atoms with Crippen LogP contribution in [-0.2, 0) is 0 Å². The van der Waals surface area contributed by atoms with Crippen molar-refractivity contribution >= 4 is 17.5 Å². The lowest BCUT2D eigenvalue weighted by Crippen LogP contribution is -2.39. The third-order valence-corrected chi connectivity index (χ3v) is 3.45. The first-order valence-electron chi connectivity index (χ1n) is 5.98. The molecule has 2 rings (SSSR count). The zero-order chi connectivity index (χ0) is 14.2. The second kappa shape index (κ2) is 4.49. The summed E-state index contributed by atoms with van der Waals surface area (Å²) >= 11 is 0. The van der Waals surface area contributed by atoms with Crippen LogP contribution in [0.2, 0.25) is 0 Å². The average Bonchev–Trinajstić information content (AvgIpc) is 2.67. The van der Waals surface area contributed by atoms with Gasteiger partial charge in [0.25, 0.3) is 5.69 Å². The Hall–Kier alpha value is -2.18. The maximum atomic E-state index is 11.3. The van der Waals surface area contributed by atoms with Gasteiger partial charge in [0.1, 0.15) is 17.6 Å². The van der Waals surface area contributed by atoms with Gasteiger partial charge in [-0.05, 0) is 26.7 Å². The van der Waals surface area contributed by atoms with Gasteiger partial charge in [-0.1, -0.05) is 0 Å². The van der Waals surface area contributed by atoms with E-state index in [0.717, 1.165) is 25.1 Å². The normalized spacial score (nSPS) is 17.5. The maximum absolute atomic E-state index is 11.3. The summed E-state index contributed by atoms with van der Waals surface area (Å²) < 4.78 is 0. The maximum Gasteiger partial charge on any atom is 0.339 e. The summed E-state index contributed by atoms with van der Waals surface area (Å²) in [6.07, 6.45) is 2.99. The van der Waals surface area contributed by atoms with Gasteiger partial charge in [0, 0.05) is 18.2 Å². The fourth-order valence-electron chi connectivity index (χ4n) is 2.42. The van der Waals surface area contributed by atoms with Gasteiger partial charge < -0.3 is 10.0 Å². The standard InChI is InChI=1S/C12H15N3O4/c1-12(2)4-3-5-14(12)10-9(11(16)17)6-8(7-13-10)15(18)19/h6-7H,3-5H2,1-2H3,(H,16,17). The summed E-state index contributed by atoms with van der Waals surface area (Å²) in [4.78, 5) is 27.2. The van der Waals surface area contributed by atoms with E-state index in [9.17, 15) is 20.0 Å². The topological polar surface area (TPSA) is 96.6 Å². The van der Waals surface area contributed by atoms with E-state index in [2.05, 4.69) is 4.98 Å². The van der Waals surface area contributed by atoms with Crippen molar-refractivity contribution in [2.75, 3.05) is 11.4 Å². The van der Waals surface area contributed by atoms with Gasteiger partial charge in [-0.3, -0.25) is 10.1 Å². The molecule has 0 saturated carbocycles. The highest BCUT2D eigenvalue weighted by molar-refractivity contribution is 5.94. The SMILES string of the molecule is CC1(C)CCCN1c1ncc([N+](=O)[O-])cc1C(=O)O. The Balaban J connectivity index is 2.51. The highest BCUT2D eigenvalue weighted by Crippen LogP contribution is 2.35. The lowest BCUT2D eigenvalue weighted by molar-refractivity contribution is -0.385. The number of hydrogen-bond acceptors (Lipinski definition) is 5. The monoisotopic (exact) mass is 265 g/mol. The van der Waals surface area contributed by atoms with E-state index in [-0.39, 0.29) is 16.8 Å². The van der Waals surface area contributed by atoms with Crippen molar-refractivity contribution in [1.29, 1.82) is 0 Å². The molecule has 1 aliphatic rings. The molecule has 0 amide bonds. The van der Waals surface area contributed by atoms with Crippen molar-refractivity contribution in [2.24, 2.45) is 0 Å². The largest absolute Gasteiger partial charge is 0.478 e. The highest BCUT2D eigenvalue weighted by Gasteiger charge is 2.35. The Bertz CT molecular complexity index is 542. The summed E-state index contributed by atoms with van der Waals surface area (Å²) in [6, 6.07) is 1.07. The molecule has 0 aliphatic carbocycles. The second-order valence-corrected chi connectivity index (χ2v) is 5.19. The van der Waals surface area contributed by atoms with E-state index in [1.165, 1.54) is 0 Å². The van der Waals surface area contributed by atoms with E-state index >= 15 is 0 Å². The number of nitrogens with zero attached hydrogens (tertiary/aromatic N) is 3. The fourth-order valence-corrected chi connectivity index (χ4v) is 2.42. The quantitative estimate of drug-likeness (QED) is 0.663. The molecule has 0 radical (unpaired) electrons. The van der Waals surface area contributed by atoms with Crippen molar-refractivity contribution < 1.29 is 14.8 Å². The molecule has 0 unspecified atom stereocenters. The molecule has 102 valence electrons. The van der Waals surface area contributed by atoms with Crippen LogP contribution in [0.15, 0.2) is 12.3 Å². The lowest BCUT2D eigenvalue weighted by Gasteiger charge is -2.33. The van der Waals surface area contributed by atoms with Gasteiger partial charge in [0.15, 0.2) is 0 Å². The first-order chi connectivity index (χ1) is 8.83. The van der Waals surface area contributed by atoms with Crippen LogP contribution in [0.3, 0.4) is 0 Å². The molecule has 1 aliphatic heterocycles. The van der Waals surface area contributed by atoms with Crippen molar-refractivity contribution in [2.45, 2.75) is 32.2 Å². The number of carbonyl (C=O) groups is 1. The number of pyridine rings is 1. The van der Waals surface area contributed by atoms with Gasteiger partial charge in [0.2, 0.25) is 0 Å². The number of carboxylic acid groups (broad SMARTS) is 1. The van der Waals surface area contributed by atoms with Crippen LogP contribution < -0.4 is 4.90 Å². The van der Waals surface area contributed by atoms with Crippen LogP contribution in [-0.4, -0.2) is 33.1 Å². The highest BCUT2D eigenvalue weighted by atomic mass is 16.6. The van der Waals surface area contributed by atoms with Crippen LogP contribution in [0.4, 0.5) is 11.5 Å². The van der Waals surface area contributed by atoms with Crippen molar-refractivity contribution in [1.82, 2.24) is 4.98 Å². The summed E-state index contributed by atoms with van der Waals surface area (Å²) in [5, 5.41) is 19.9. The van der Waals surface area contributed by atoms with Gasteiger partial charge in [0.05, 0.1) is 4.92 Å². The molecule has 0 aromatic carbocycles. The predicted molar refractivity (Wildman–Crippen MR) is 68.5 cm³/mol. The molecule has 7 heteroatoms. The Labute approximate surface area is 110 Å². The fraction of sp³-hybridized carbons (Fsp3) is 0.500. The number of carboxylic acids is 1. The summed E-state index contributed by atoms with van der Waals surface area (Å²) in [5.41, 5.74) is -0.616. The molecule has 1 saturated heterocycles. The Morgan fingerprint density at radius 1 is 1.58 bits per heavy atom. The van der Waals surface area contributed by atoms with E-state index in [1.807, 2.05) is 18.7 Å². The molecule has 0 bridgehead atoms. The second-order valence-electron chi connectivity index (χ2n) is 5.19. The van der Waals surface area contributed by atoms with Gasteiger partial charge in [-0.15, -0.1) is 0 Å². The van der Waals surface area contributed by atoms with Crippen LogP contribution >= 0.6 is 0 Å². The van der Waals surface area contributed by atoms with Gasteiger partial charge >= 0.3 is 5.97 Å². The number of rotatable bonds is 3. The van der Waals surface area contributed by atoms with E-state index in [1.54, 1.807) is 0 Å². The number of aromatic nitrogens is 1. The van der Waals surface area contributed by atoms with Crippen LogP contribution in [0.1, 0.15) is 37.0 Å². The molecule has 1 fully saturated rings. The third-order valence-electron chi connectivity index (χ3n) is 3.45. The number of nitro groups is 1. The van der Waals surface area contributed by atoms with E-state index in [4.69, 9.17) is 0 Å². The molecule has 7 nitrogen and oxygen atoms in total. The predicted octanol–water partition coefficient (Wildman–Crippen LogP) is 2.07. The smallest absolute Gasteiger partial charge is 0.339 e. The summed E-state index contributed by atoms with van der Waals surface area (Å²) in [5.74, 6) is -0.894. The summed E-state index contributed by atoms with van der Waals surface area (Å²) in [6.45, 7) is 4.72. The molecular weight excluding hydrogens is 250 g/mol. The zero-order valence-electron chi connectivity index (χ0n) is 10.8. The van der Waals surface area contributed by atoms with Crippen LogP contribution in [0, 0.1) is 10.1 Å². The molecule has 1 aromatic heterocycles. The van der Waals surface area contributed by atoms with Crippen LogP contribution in [0.5, 0.6) is 0 Å². The van der Waals surface area contributed by atoms with Crippen LogP contribution in [0.25, 0.3) is 0 Å². The number of aromatic carboxylic acids is 1. The van der Waals surface area contributed by atoms with E-state index < -0.39 is 10.9 Å². The van der Waals surface area contributed by atoms with Gasteiger partial charge in [-0.25, -0.2) is 9.78 Å². The first-order valence-corrected chi connectivity index (χ1v) is 5.98. The molecule has 1 N–H and O–H groups in total. The van der Waals surface area contributed by atoms with E-state index in [0.29, 0.717) is 12.4 Å². The average molecular weight is 265 g/mol. The Morgan fingerprint density at radius 3 is 2.74 bits per heavy atom. The first kappa shape index (κ1) is 13.3. The zero-order valence-corrected chi connectivity index (χ0v) is 10.8.